The molecule has 1 unspecified atom stereocenters. The minimum absolute atomic E-state index is 0.0383. The van der Waals surface area contributed by atoms with E-state index in [0.29, 0.717) is 11.3 Å². The van der Waals surface area contributed by atoms with Crippen LogP contribution in [0.1, 0.15) is 33.4 Å². The molecule has 0 aliphatic rings. The van der Waals surface area contributed by atoms with E-state index in [1.165, 1.54) is 10.5 Å². The number of hydrogen-bond donors (Lipinski definition) is 3. The lowest BCUT2D eigenvalue weighted by molar-refractivity contribution is 0.0928. The summed E-state index contributed by atoms with van der Waals surface area (Å²) in [6, 6.07) is 15.1. The largest absolute Gasteiger partial charge is 0.485 e. The molecule has 0 saturated carbocycles. The first kappa shape index (κ1) is 23.7. The highest BCUT2D eigenvalue weighted by Gasteiger charge is 2.23. The van der Waals surface area contributed by atoms with Crippen LogP contribution in [0.15, 0.2) is 66.9 Å². The Morgan fingerprint density at radius 3 is 2.46 bits per heavy atom. The highest BCUT2D eigenvalue weighted by Crippen LogP contribution is 2.25. The number of aryl methyl sites for hydroxylation is 1. The number of pyridine rings is 1. The van der Waals surface area contributed by atoms with Gasteiger partial charge in [-0.3, -0.25) is 9.20 Å². The van der Waals surface area contributed by atoms with Crippen molar-refractivity contribution in [2.45, 2.75) is 19.6 Å². The van der Waals surface area contributed by atoms with Crippen LogP contribution < -0.4 is 15.4 Å². The first-order valence-electron chi connectivity index (χ1n) is 10.7. The molecule has 0 spiro atoms. The maximum Gasteiger partial charge on any atom is 0.404 e. The minimum atomic E-state index is -1.21. The summed E-state index contributed by atoms with van der Waals surface area (Å²) in [6.07, 6.45) is 0.410. The highest BCUT2D eigenvalue weighted by atomic mass is 19.1. The zero-order valence-electron chi connectivity index (χ0n) is 18.7. The number of rotatable bonds is 8. The van der Waals surface area contributed by atoms with Crippen molar-refractivity contribution in [1.82, 2.24) is 20.0 Å². The summed E-state index contributed by atoms with van der Waals surface area (Å²) in [5.74, 6) is -1.69. The van der Waals surface area contributed by atoms with Gasteiger partial charge in [0.15, 0.2) is 11.4 Å². The second-order valence-corrected chi connectivity index (χ2v) is 7.72. The normalized spacial score (nSPS) is 11.7. The average Bonchev–Trinajstić information content (AvgIpc) is 3.18. The lowest BCUT2D eigenvalue weighted by atomic mass is 10.1. The van der Waals surface area contributed by atoms with Gasteiger partial charge in [-0.25, -0.2) is 18.6 Å². The van der Waals surface area contributed by atoms with E-state index in [4.69, 9.17) is 9.84 Å². The number of hydrogen-bond acceptors (Lipinski definition) is 4. The number of ether oxygens (including phenoxy) is 1. The van der Waals surface area contributed by atoms with Crippen LogP contribution in [0.5, 0.6) is 5.75 Å². The molecular formula is C25H22F2N4O4. The molecule has 0 aliphatic heterocycles. The average molecular weight is 480 g/mol. The number of amides is 2. The Morgan fingerprint density at radius 2 is 1.77 bits per heavy atom. The fraction of sp³-hybridized carbons (Fsp3) is 0.160. The molecule has 0 aliphatic carbocycles. The fourth-order valence-corrected chi connectivity index (χ4v) is 3.72. The molecule has 2 aromatic heterocycles. The summed E-state index contributed by atoms with van der Waals surface area (Å²) in [4.78, 5) is 28.7. The van der Waals surface area contributed by atoms with Gasteiger partial charge in [-0.2, -0.15) is 0 Å². The number of nitrogens with zero attached hydrogens (tertiary/aromatic N) is 2. The molecule has 35 heavy (non-hydrogen) atoms. The maximum absolute atomic E-state index is 14.0. The number of carboxylic acid groups (broad SMARTS) is 1. The Bertz CT molecular complexity index is 1350. The van der Waals surface area contributed by atoms with Gasteiger partial charge in [0, 0.05) is 12.7 Å². The van der Waals surface area contributed by atoms with E-state index in [1.54, 1.807) is 49.5 Å². The molecule has 0 fully saturated rings. The summed E-state index contributed by atoms with van der Waals surface area (Å²) in [6.45, 7) is 1.25. The highest BCUT2D eigenvalue weighted by molar-refractivity contribution is 5.95. The van der Waals surface area contributed by atoms with Gasteiger partial charge in [-0.1, -0.05) is 36.4 Å². The minimum Gasteiger partial charge on any atom is -0.485 e. The number of aromatic nitrogens is 2. The lowest BCUT2D eigenvalue weighted by Crippen LogP contribution is -2.38. The quantitative estimate of drug-likeness (QED) is 0.350. The van der Waals surface area contributed by atoms with Gasteiger partial charge < -0.3 is 20.5 Å². The first-order chi connectivity index (χ1) is 16.8. The van der Waals surface area contributed by atoms with Crippen LogP contribution in [0, 0.1) is 18.6 Å². The van der Waals surface area contributed by atoms with Crippen LogP contribution in [-0.4, -0.2) is 33.0 Å². The molecule has 2 amide bonds. The van der Waals surface area contributed by atoms with Crippen molar-refractivity contribution < 1.29 is 28.2 Å². The number of halogens is 2. The van der Waals surface area contributed by atoms with Gasteiger partial charge in [0.1, 0.15) is 23.9 Å². The molecule has 180 valence electrons. The number of imidazole rings is 1. The Balaban J connectivity index is 1.61. The molecule has 8 nitrogen and oxygen atoms in total. The predicted octanol–water partition coefficient (Wildman–Crippen LogP) is 4.24. The van der Waals surface area contributed by atoms with Crippen LogP contribution in [0.3, 0.4) is 0 Å². The molecule has 2 heterocycles. The van der Waals surface area contributed by atoms with Crippen molar-refractivity contribution in [3.63, 3.8) is 0 Å². The van der Waals surface area contributed by atoms with Crippen LogP contribution in [-0.2, 0) is 6.61 Å². The van der Waals surface area contributed by atoms with Crippen molar-refractivity contribution in [3.8, 4) is 5.75 Å². The maximum atomic E-state index is 14.0. The zero-order chi connectivity index (χ0) is 24.9. The molecule has 2 aromatic carbocycles. The van der Waals surface area contributed by atoms with Gasteiger partial charge in [0.25, 0.3) is 5.91 Å². The molecule has 4 rings (SSSR count). The van der Waals surface area contributed by atoms with E-state index >= 15 is 0 Å². The van der Waals surface area contributed by atoms with Crippen molar-refractivity contribution in [3.05, 3.63) is 101 Å². The molecule has 1 atom stereocenters. The summed E-state index contributed by atoms with van der Waals surface area (Å²) in [5, 5.41) is 14.2. The molecule has 0 radical (unpaired) electrons. The van der Waals surface area contributed by atoms with Crippen molar-refractivity contribution in [2.24, 2.45) is 0 Å². The topological polar surface area (TPSA) is 105 Å². The third-order valence-corrected chi connectivity index (χ3v) is 5.40. The van der Waals surface area contributed by atoms with E-state index in [2.05, 4.69) is 15.6 Å². The molecular weight excluding hydrogens is 458 g/mol. The molecule has 0 saturated heterocycles. The predicted molar refractivity (Wildman–Crippen MR) is 123 cm³/mol. The summed E-state index contributed by atoms with van der Waals surface area (Å²) >= 11 is 0. The van der Waals surface area contributed by atoms with E-state index in [-0.39, 0.29) is 30.2 Å². The van der Waals surface area contributed by atoms with E-state index in [9.17, 15) is 18.4 Å². The molecule has 10 heteroatoms. The number of nitrogens with one attached hydrogen (secondary N) is 2. The monoisotopic (exact) mass is 480 g/mol. The Hall–Kier alpha value is -4.47. The van der Waals surface area contributed by atoms with Crippen molar-refractivity contribution >= 4 is 17.6 Å². The molecule has 4 aromatic rings. The standard InChI is InChI=1S/C25H22F2N4O4/c1-15-22(24(32)30-20(13-28-25(33)34)16-7-3-2-4-8-16)31-12-6-11-21(23(31)29-15)35-14-17-18(26)9-5-10-19(17)27/h2-12,20,28H,13-14H2,1H3,(H,30,32)(H,33,34). The van der Waals surface area contributed by atoms with Crippen LogP contribution in [0.25, 0.3) is 5.65 Å². The smallest absolute Gasteiger partial charge is 0.404 e. The Morgan fingerprint density at radius 1 is 1.06 bits per heavy atom. The lowest BCUT2D eigenvalue weighted by Gasteiger charge is -2.19. The molecule has 3 N–H and O–H groups in total. The number of carbonyl (C=O) groups excluding carboxylic acids is 1. The third-order valence-electron chi connectivity index (χ3n) is 5.40. The van der Waals surface area contributed by atoms with Gasteiger partial charge >= 0.3 is 6.09 Å². The SMILES string of the molecule is Cc1nc2c(OCc3c(F)cccc3F)cccn2c1C(=O)NC(CNC(=O)O)c1ccccc1. The second kappa shape index (κ2) is 10.2. The summed E-state index contributed by atoms with van der Waals surface area (Å²) in [5.41, 5.74) is 1.42. The third kappa shape index (κ3) is 5.21. The fourth-order valence-electron chi connectivity index (χ4n) is 3.72. The van der Waals surface area contributed by atoms with Gasteiger partial charge in [-0.05, 0) is 36.8 Å². The van der Waals surface area contributed by atoms with Crippen molar-refractivity contribution in [1.29, 1.82) is 0 Å². The van der Waals surface area contributed by atoms with E-state index in [0.717, 1.165) is 17.7 Å². The van der Waals surface area contributed by atoms with Crippen LogP contribution >= 0.6 is 0 Å². The first-order valence-corrected chi connectivity index (χ1v) is 10.7. The summed E-state index contributed by atoms with van der Waals surface area (Å²) < 4.78 is 35.1. The van der Waals surface area contributed by atoms with Gasteiger partial charge in [-0.15, -0.1) is 0 Å². The zero-order valence-corrected chi connectivity index (χ0v) is 18.7. The van der Waals surface area contributed by atoms with Gasteiger partial charge in [0.2, 0.25) is 0 Å². The number of benzene rings is 2. The second-order valence-electron chi connectivity index (χ2n) is 7.72. The Labute approximate surface area is 199 Å². The summed E-state index contributed by atoms with van der Waals surface area (Å²) in [7, 11) is 0. The number of carbonyl (C=O) groups is 2. The van der Waals surface area contributed by atoms with Crippen LogP contribution in [0.2, 0.25) is 0 Å². The van der Waals surface area contributed by atoms with Crippen LogP contribution in [0.4, 0.5) is 13.6 Å². The van der Waals surface area contributed by atoms with Gasteiger partial charge in [0.05, 0.1) is 17.3 Å². The Kier molecular flexibility index (Phi) is 6.91. The number of fused-ring (bicyclic) bond motifs is 1. The van der Waals surface area contributed by atoms with E-state index < -0.39 is 29.7 Å². The van der Waals surface area contributed by atoms with Crippen molar-refractivity contribution in [2.75, 3.05) is 6.54 Å². The van der Waals surface area contributed by atoms with E-state index in [1.807, 2.05) is 6.07 Å². The molecule has 0 bridgehead atoms.